The van der Waals surface area contributed by atoms with Crippen LogP contribution < -0.4 is 0 Å². The molecule has 42 heavy (non-hydrogen) atoms. The standard InChI is InChI=1S/C30H57O9P3/c1-10-16-34-40(31,35-17-11-2)22-28-25(7)29(23-41(32,36-18-12-3)37-19-13-4)27(9)30(26(28)8)24-42(33,38-20-14-5)39-21-15-6/h10-24H2,1-9H3. The molecule has 1 rings (SSSR count). The molecule has 0 atom stereocenters. The van der Waals surface area contributed by atoms with Crippen molar-refractivity contribution in [2.24, 2.45) is 0 Å². The molecular weight excluding hydrogens is 597 g/mol. The Bertz CT molecular complexity index is 900. The van der Waals surface area contributed by atoms with Crippen LogP contribution in [-0.4, -0.2) is 39.6 Å². The highest BCUT2D eigenvalue weighted by Gasteiger charge is 2.35. The Morgan fingerprint density at radius 2 is 0.548 bits per heavy atom. The molecule has 0 heterocycles. The minimum Gasteiger partial charge on any atom is -0.308 e. The van der Waals surface area contributed by atoms with Crippen molar-refractivity contribution in [3.05, 3.63) is 33.4 Å². The van der Waals surface area contributed by atoms with E-state index >= 15 is 0 Å². The van der Waals surface area contributed by atoms with Gasteiger partial charge < -0.3 is 27.1 Å². The lowest BCUT2D eigenvalue weighted by atomic mass is 9.90. The predicted molar refractivity (Wildman–Crippen MR) is 172 cm³/mol. The average Bonchev–Trinajstić information content (AvgIpc) is 2.98. The van der Waals surface area contributed by atoms with E-state index in [1.165, 1.54) is 0 Å². The Hall–Kier alpha value is -0.330. The van der Waals surface area contributed by atoms with E-state index in [4.69, 9.17) is 27.1 Å². The molecule has 0 aliphatic carbocycles. The first-order valence-corrected chi connectivity index (χ1v) is 20.8. The molecule has 0 aliphatic heterocycles. The summed E-state index contributed by atoms with van der Waals surface area (Å²) < 4.78 is 77.1. The van der Waals surface area contributed by atoms with Gasteiger partial charge in [0, 0.05) is 0 Å². The van der Waals surface area contributed by atoms with Crippen molar-refractivity contribution in [2.75, 3.05) is 39.6 Å². The van der Waals surface area contributed by atoms with Crippen LogP contribution in [0.25, 0.3) is 0 Å². The van der Waals surface area contributed by atoms with Crippen LogP contribution in [0.3, 0.4) is 0 Å². The molecule has 12 heteroatoms. The van der Waals surface area contributed by atoms with Crippen LogP contribution in [0, 0.1) is 20.8 Å². The van der Waals surface area contributed by atoms with Crippen molar-refractivity contribution in [3.8, 4) is 0 Å². The Labute approximate surface area is 255 Å². The second-order valence-electron chi connectivity index (χ2n) is 10.6. The maximum absolute atomic E-state index is 14.0. The van der Waals surface area contributed by atoms with Crippen LogP contribution in [0.2, 0.25) is 0 Å². The Kier molecular flexibility index (Phi) is 18.8. The molecule has 0 saturated carbocycles. The van der Waals surface area contributed by atoms with Gasteiger partial charge in [0.1, 0.15) is 0 Å². The summed E-state index contributed by atoms with van der Waals surface area (Å²) in [7, 11) is -10.6. The summed E-state index contributed by atoms with van der Waals surface area (Å²) in [5, 5.41) is 0. The first-order chi connectivity index (χ1) is 19.9. The first kappa shape index (κ1) is 39.7. The van der Waals surface area contributed by atoms with Gasteiger partial charge in [-0.05, 0) is 92.7 Å². The minimum atomic E-state index is -3.52. The summed E-state index contributed by atoms with van der Waals surface area (Å²) in [6, 6.07) is 0. The van der Waals surface area contributed by atoms with Gasteiger partial charge in [0.2, 0.25) is 0 Å². The van der Waals surface area contributed by atoms with E-state index in [-0.39, 0.29) is 18.5 Å². The van der Waals surface area contributed by atoms with E-state index in [9.17, 15) is 13.7 Å². The summed E-state index contributed by atoms with van der Waals surface area (Å²) >= 11 is 0. The van der Waals surface area contributed by atoms with Gasteiger partial charge in [0.15, 0.2) is 0 Å². The van der Waals surface area contributed by atoms with Crippen molar-refractivity contribution in [3.63, 3.8) is 0 Å². The number of benzene rings is 1. The van der Waals surface area contributed by atoms with Crippen molar-refractivity contribution in [1.29, 1.82) is 0 Å². The van der Waals surface area contributed by atoms with Gasteiger partial charge in [-0.25, -0.2) is 0 Å². The van der Waals surface area contributed by atoms with Crippen LogP contribution >= 0.6 is 22.8 Å². The topological polar surface area (TPSA) is 107 Å². The zero-order chi connectivity index (χ0) is 31.8. The molecule has 1 aromatic carbocycles. The molecule has 0 bridgehead atoms. The van der Waals surface area contributed by atoms with Gasteiger partial charge in [-0.15, -0.1) is 0 Å². The third kappa shape index (κ3) is 12.6. The fourth-order valence-electron chi connectivity index (χ4n) is 4.45. The van der Waals surface area contributed by atoms with Crippen LogP contribution in [0.1, 0.15) is 113 Å². The SMILES string of the molecule is CCCOP(=O)(Cc1c(C)c(CP(=O)(OCCC)OCCC)c(C)c(CP(=O)(OCCC)OCCC)c1C)OCCC. The first-order valence-electron chi connectivity index (χ1n) is 15.6. The van der Waals surface area contributed by atoms with Gasteiger partial charge in [-0.1, -0.05) is 41.5 Å². The number of hydrogen-bond donors (Lipinski definition) is 0. The monoisotopic (exact) mass is 654 g/mol. The molecular formula is C30H57O9P3. The molecule has 0 N–H and O–H groups in total. The maximum Gasteiger partial charge on any atom is 0.335 e. The zero-order valence-corrected chi connectivity index (χ0v) is 30.3. The average molecular weight is 655 g/mol. The highest BCUT2D eigenvalue weighted by Crippen LogP contribution is 2.58. The lowest BCUT2D eigenvalue weighted by molar-refractivity contribution is 0.203. The lowest BCUT2D eigenvalue weighted by Crippen LogP contribution is -2.13. The van der Waals surface area contributed by atoms with Gasteiger partial charge in [0.25, 0.3) is 0 Å². The molecule has 246 valence electrons. The molecule has 0 unspecified atom stereocenters. The third-order valence-electron chi connectivity index (χ3n) is 6.72. The van der Waals surface area contributed by atoms with Crippen molar-refractivity contribution in [1.82, 2.24) is 0 Å². The molecule has 0 aliphatic rings. The maximum atomic E-state index is 14.0. The summed E-state index contributed by atoms with van der Waals surface area (Å²) in [4.78, 5) is 0. The van der Waals surface area contributed by atoms with Gasteiger partial charge >= 0.3 is 22.8 Å². The van der Waals surface area contributed by atoms with E-state index in [2.05, 4.69) is 0 Å². The fraction of sp³-hybridized carbons (Fsp3) is 0.800. The molecule has 9 nitrogen and oxygen atoms in total. The number of rotatable bonds is 24. The number of hydrogen-bond acceptors (Lipinski definition) is 9. The summed E-state index contributed by atoms with van der Waals surface area (Å²) in [6.45, 7) is 19.4. The Balaban J connectivity index is 3.89. The molecule has 0 fully saturated rings. The normalized spacial score (nSPS) is 12.8. The van der Waals surface area contributed by atoms with E-state index in [1.54, 1.807) is 0 Å². The van der Waals surface area contributed by atoms with E-state index in [0.29, 0.717) is 78.2 Å². The van der Waals surface area contributed by atoms with Gasteiger partial charge in [-0.2, -0.15) is 0 Å². The molecule has 0 saturated heterocycles. The highest BCUT2D eigenvalue weighted by atomic mass is 31.2. The van der Waals surface area contributed by atoms with Crippen molar-refractivity contribution >= 4 is 22.8 Å². The molecule has 1 aromatic rings. The summed E-state index contributed by atoms with van der Waals surface area (Å²) in [5.74, 6) is 0. The lowest BCUT2D eigenvalue weighted by Gasteiger charge is -2.28. The molecule has 0 spiro atoms. The minimum absolute atomic E-state index is 0.0385. The second-order valence-corrected chi connectivity index (χ2v) is 16.8. The molecule has 0 amide bonds. The zero-order valence-electron chi connectivity index (χ0n) is 27.6. The quantitative estimate of drug-likeness (QED) is 0.101. The summed E-state index contributed by atoms with van der Waals surface area (Å²) in [5.41, 5.74) is 4.76. The Morgan fingerprint density at radius 1 is 0.381 bits per heavy atom. The molecule has 0 radical (unpaired) electrons. The predicted octanol–water partition coefficient (Wildman–Crippen LogP) is 10.3. The van der Waals surface area contributed by atoms with Crippen LogP contribution in [-0.2, 0) is 59.3 Å². The van der Waals surface area contributed by atoms with Crippen molar-refractivity contribution in [2.45, 2.75) is 119 Å². The fourth-order valence-corrected chi connectivity index (χ4v) is 10.6. The second kappa shape index (κ2) is 19.9. The van der Waals surface area contributed by atoms with E-state index < -0.39 is 22.8 Å². The van der Waals surface area contributed by atoms with Gasteiger partial charge in [0.05, 0.1) is 58.1 Å². The largest absolute Gasteiger partial charge is 0.335 e. The Morgan fingerprint density at radius 3 is 0.690 bits per heavy atom. The third-order valence-corrected chi connectivity index (χ3v) is 12.3. The van der Waals surface area contributed by atoms with Crippen LogP contribution in [0.4, 0.5) is 0 Å². The van der Waals surface area contributed by atoms with Crippen LogP contribution in [0.5, 0.6) is 0 Å². The highest BCUT2D eigenvalue weighted by molar-refractivity contribution is 7.53. The summed E-state index contributed by atoms with van der Waals surface area (Å²) in [6.07, 6.45) is 4.29. The van der Waals surface area contributed by atoms with Gasteiger partial charge in [-0.3, -0.25) is 13.7 Å². The van der Waals surface area contributed by atoms with Crippen LogP contribution in [0.15, 0.2) is 0 Å². The smallest absolute Gasteiger partial charge is 0.308 e. The van der Waals surface area contributed by atoms with Crippen molar-refractivity contribution < 1.29 is 40.8 Å². The van der Waals surface area contributed by atoms with E-state index in [0.717, 1.165) is 33.4 Å². The van der Waals surface area contributed by atoms with E-state index in [1.807, 2.05) is 62.3 Å². The molecule has 0 aromatic heterocycles.